The number of methoxy groups -OCH3 is 1. The second-order valence-electron chi connectivity index (χ2n) is 17.6. The van der Waals surface area contributed by atoms with Crippen LogP contribution in [-0.2, 0) is 20.6 Å². The Morgan fingerprint density at radius 1 is 1.03 bits per heavy atom. The van der Waals surface area contributed by atoms with E-state index in [1.807, 2.05) is 11.9 Å². The van der Waals surface area contributed by atoms with E-state index < -0.39 is 47.5 Å². The molecular weight excluding hydrogens is 848 g/mol. The summed E-state index contributed by atoms with van der Waals surface area (Å²) in [5.74, 6) is -0.502. The second kappa shape index (κ2) is 17.8. The van der Waals surface area contributed by atoms with Gasteiger partial charge in [-0.1, -0.05) is 6.07 Å². The quantitative estimate of drug-likeness (QED) is 0.0854. The summed E-state index contributed by atoms with van der Waals surface area (Å²) in [6.45, 7) is 6.84. The average Bonchev–Trinajstić information content (AvgIpc) is 3.98. The number of benzene rings is 3. The molecule has 8 rings (SSSR count). The first-order valence-electron chi connectivity index (χ1n) is 21.7. The van der Waals surface area contributed by atoms with E-state index in [-0.39, 0.29) is 46.9 Å². The van der Waals surface area contributed by atoms with Crippen molar-refractivity contribution in [2.75, 3.05) is 69.9 Å². The molecule has 4 heterocycles. The van der Waals surface area contributed by atoms with Gasteiger partial charge in [-0.2, -0.15) is 13.2 Å². The Labute approximate surface area is 373 Å². The number of carbonyl (C=O) groups is 5. The van der Waals surface area contributed by atoms with E-state index in [2.05, 4.69) is 30.8 Å². The number of aryl methyl sites for hydroxylation is 1. The van der Waals surface area contributed by atoms with Gasteiger partial charge < -0.3 is 35.6 Å². The van der Waals surface area contributed by atoms with Crippen molar-refractivity contribution in [1.29, 1.82) is 0 Å². The molecule has 5 amide bonds. The highest BCUT2D eigenvalue weighted by atomic mass is 19.4. The number of amides is 5. The molecule has 1 saturated carbocycles. The number of nitrogens with one attached hydrogen (secondary N) is 3. The van der Waals surface area contributed by atoms with Crippen LogP contribution in [0.2, 0.25) is 0 Å². The Morgan fingerprint density at radius 3 is 2.48 bits per heavy atom. The molecule has 65 heavy (non-hydrogen) atoms. The van der Waals surface area contributed by atoms with Gasteiger partial charge in [0.1, 0.15) is 17.7 Å². The number of nitrogens with zero attached hydrogens (tertiary/aromatic N) is 5. The number of hydrogen-bond acceptors (Lipinski definition) is 13. The van der Waals surface area contributed by atoms with Crippen molar-refractivity contribution in [1.82, 2.24) is 30.0 Å². The van der Waals surface area contributed by atoms with Crippen molar-refractivity contribution in [2.45, 2.75) is 70.6 Å². The molecule has 1 aliphatic carbocycles. The third-order valence-electron chi connectivity index (χ3n) is 12.8. The molecule has 1 unspecified atom stereocenters. The maximum atomic E-state index is 13.8. The number of rotatable bonds is 15. The number of anilines is 3. The molecule has 2 atom stereocenters. The van der Waals surface area contributed by atoms with Crippen LogP contribution in [0.15, 0.2) is 48.5 Å². The summed E-state index contributed by atoms with van der Waals surface area (Å²) < 4.78 is 52.9. The van der Waals surface area contributed by atoms with E-state index in [0.717, 1.165) is 29.9 Å². The number of ether oxygens (including phenoxy) is 2. The highest BCUT2D eigenvalue weighted by molar-refractivity contribution is 6.25. The fourth-order valence-corrected chi connectivity index (χ4v) is 9.08. The smallest absolute Gasteiger partial charge is 0.416 e. The third kappa shape index (κ3) is 9.51. The summed E-state index contributed by atoms with van der Waals surface area (Å²) in [7, 11) is 3.36. The number of fused-ring (bicyclic) bond motifs is 2. The monoisotopic (exact) mass is 899 g/mol. The lowest BCUT2D eigenvalue weighted by molar-refractivity contribution is -0.138. The molecule has 4 aliphatic rings. The number of imide groups is 2. The zero-order valence-electron chi connectivity index (χ0n) is 36.6. The van der Waals surface area contributed by atoms with E-state index >= 15 is 0 Å². The Hall–Kier alpha value is -6.50. The lowest BCUT2D eigenvalue weighted by atomic mass is 9.94. The minimum atomic E-state index is -4.55. The number of nitrogens with two attached hydrogens (primary N) is 1. The first-order chi connectivity index (χ1) is 30.9. The molecule has 3 aliphatic heterocycles. The van der Waals surface area contributed by atoms with Crippen LogP contribution in [0.1, 0.15) is 89.2 Å². The van der Waals surface area contributed by atoms with E-state index in [4.69, 9.17) is 15.2 Å². The first-order valence-corrected chi connectivity index (χ1v) is 21.7. The fraction of sp³-hybridized carbons (Fsp3) is 0.457. The van der Waals surface area contributed by atoms with Gasteiger partial charge >= 0.3 is 6.18 Å². The summed E-state index contributed by atoms with van der Waals surface area (Å²) in [5, 5.41) is 9.35. The summed E-state index contributed by atoms with van der Waals surface area (Å²) >= 11 is 0. The standard InChI is InChI=1S/C46H52F3N9O7/c1-25(28-18-29(46(47,48)49)20-30(50)19-28)52-40-32-21-37(36(64-4)22-34(32)53-26(2)54-40)65-24-45(12-13-45)23-56(3)42(61)27-10-15-57(16-11-27)17-14-51-33-7-5-6-31-39(33)44(63)58(43(31)62)35-8-9-38(59)55-41(35)60/h5-7,18-22,25,27,35,51H,8-17,23-24,50H2,1-4H3,(H,52,53,54)(H,55,59,60)/t25-,35?/m1/s1. The summed E-state index contributed by atoms with van der Waals surface area (Å²) in [6.07, 6.45) is -1.30. The second-order valence-corrected chi connectivity index (χ2v) is 17.6. The molecule has 1 aromatic heterocycles. The SMILES string of the molecule is COc1cc2nc(C)nc(N[C@H](C)c3cc(N)cc(C(F)(F)F)c3)c2cc1OCC1(CN(C)C(=O)C2CCN(CCNc3cccc4c3C(=O)N(C3CCC(=O)NC3=O)C4=O)CC2)CC1. The topological polar surface area (TPSA) is 201 Å². The minimum Gasteiger partial charge on any atom is -0.493 e. The van der Waals surface area contributed by atoms with Gasteiger partial charge in [-0.3, -0.25) is 34.2 Å². The van der Waals surface area contributed by atoms with E-state index in [9.17, 15) is 37.1 Å². The van der Waals surface area contributed by atoms with Crippen molar-refractivity contribution in [3.05, 3.63) is 76.6 Å². The van der Waals surface area contributed by atoms with Gasteiger partial charge in [0.25, 0.3) is 11.8 Å². The Kier molecular flexibility index (Phi) is 12.4. The van der Waals surface area contributed by atoms with Crippen molar-refractivity contribution < 1.29 is 46.6 Å². The Bertz CT molecular complexity index is 2560. The molecule has 3 aromatic carbocycles. The average molecular weight is 900 g/mol. The van der Waals surface area contributed by atoms with Gasteiger partial charge in [-0.05, 0) is 101 Å². The number of alkyl halides is 3. The third-order valence-corrected chi connectivity index (χ3v) is 12.8. The molecule has 4 aromatic rings. The normalized spacial score (nSPS) is 19.2. The molecule has 0 bridgehead atoms. The van der Waals surface area contributed by atoms with E-state index in [1.165, 1.54) is 13.2 Å². The number of nitrogen functional groups attached to an aromatic ring is 1. The molecule has 5 N–H and O–H groups in total. The molecule has 19 heteroatoms. The van der Waals surface area contributed by atoms with Crippen LogP contribution in [0, 0.1) is 18.3 Å². The van der Waals surface area contributed by atoms with Crippen LogP contribution in [-0.4, -0.2) is 114 Å². The zero-order chi connectivity index (χ0) is 46.4. The Balaban J connectivity index is 0.840. The lowest BCUT2D eigenvalue weighted by Gasteiger charge is -2.34. The van der Waals surface area contributed by atoms with Crippen LogP contribution in [0.5, 0.6) is 11.5 Å². The number of likely N-dealkylation sites (tertiary alicyclic amines) is 1. The van der Waals surface area contributed by atoms with Crippen LogP contribution in [0.3, 0.4) is 0 Å². The zero-order valence-corrected chi connectivity index (χ0v) is 36.6. The summed E-state index contributed by atoms with van der Waals surface area (Å²) in [5.41, 5.74) is 6.59. The van der Waals surface area contributed by atoms with Crippen molar-refractivity contribution in [3.8, 4) is 11.5 Å². The van der Waals surface area contributed by atoms with Crippen molar-refractivity contribution in [3.63, 3.8) is 0 Å². The van der Waals surface area contributed by atoms with Crippen LogP contribution in [0.25, 0.3) is 10.9 Å². The van der Waals surface area contributed by atoms with Gasteiger partial charge in [0, 0.05) is 67.3 Å². The molecule has 0 spiro atoms. The number of halogens is 3. The lowest BCUT2D eigenvalue weighted by Crippen LogP contribution is -2.54. The molecule has 2 saturated heterocycles. The Morgan fingerprint density at radius 2 is 1.78 bits per heavy atom. The molecular formula is C46H52F3N9O7. The van der Waals surface area contributed by atoms with Crippen LogP contribution >= 0.6 is 0 Å². The number of aromatic nitrogens is 2. The maximum Gasteiger partial charge on any atom is 0.416 e. The maximum absolute atomic E-state index is 13.8. The number of piperidine rings is 2. The van der Waals surface area contributed by atoms with Gasteiger partial charge in [0.05, 0.1) is 42.0 Å². The van der Waals surface area contributed by atoms with Crippen molar-refractivity contribution in [2.24, 2.45) is 11.3 Å². The van der Waals surface area contributed by atoms with Crippen molar-refractivity contribution >= 4 is 57.6 Å². The van der Waals surface area contributed by atoms with Crippen LogP contribution in [0.4, 0.5) is 30.4 Å². The number of hydrogen-bond donors (Lipinski definition) is 4. The van der Waals surface area contributed by atoms with Gasteiger partial charge in [-0.15, -0.1) is 0 Å². The summed E-state index contributed by atoms with van der Waals surface area (Å²) in [6, 6.07) is 10.3. The number of carbonyl (C=O) groups excluding carboxylic acids is 5. The molecule has 16 nitrogen and oxygen atoms in total. The van der Waals surface area contributed by atoms with E-state index in [0.29, 0.717) is 97.5 Å². The minimum absolute atomic E-state index is 0.00134. The van der Waals surface area contributed by atoms with Gasteiger partial charge in [0.2, 0.25) is 17.7 Å². The molecule has 344 valence electrons. The predicted molar refractivity (Wildman–Crippen MR) is 234 cm³/mol. The fourth-order valence-electron chi connectivity index (χ4n) is 9.08. The highest BCUT2D eigenvalue weighted by Gasteiger charge is 2.47. The van der Waals surface area contributed by atoms with Gasteiger partial charge in [-0.25, -0.2) is 9.97 Å². The predicted octanol–water partition coefficient (Wildman–Crippen LogP) is 5.56. The van der Waals surface area contributed by atoms with Gasteiger partial charge in [0.15, 0.2) is 11.5 Å². The highest BCUT2D eigenvalue weighted by Crippen LogP contribution is 2.48. The first kappa shape index (κ1) is 45.1. The molecule has 0 radical (unpaired) electrons. The largest absolute Gasteiger partial charge is 0.493 e. The summed E-state index contributed by atoms with van der Waals surface area (Å²) in [4.78, 5) is 78.8. The molecule has 3 fully saturated rings. The van der Waals surface area contributed by atoms with Crippen LogP contribution < -0.4 is 31.2 Å². The van der Waals surface area contributed by atoms with E-state index in [1.54, 1.807) is 44.2 Å².